The van der Waals surface area contributed by atoms with Crippen molar-refractivity contribution < 1.29 is 9.90 Å². The molecule has 1 amide bonds. The second-order valence-electron chi connectivity index (χ2n) is 6.73. The lowest BCUT2D eigenvalue weighted by atomic mass is 9.91. The average Bonchev–Trinajstić information content (AvgIpc) is 3.26. The molecule has 1 saturated heterocycles. The molecule has 22 heavy (non-hydrogen) atoms. The lowest BCUT2D eigenvalue weighted by Gasteiger charge is -2.23. The predicted molar refractivity (Wildman–Crippen MR) is 86.5 cm³/mol. The molecule has 1 aromatic rings. The second kappa shape index (κ2) is 6.80. The van der Waals surface area contributed by atoms with Crippen molar-refractivity contribution in [1.29, 1.82) is 0 Å². The van der Waals surface area contributed by atoms with Crippen molar-refractivity contribution in [3.8, 4) is 0 Å². The molecular formula is C18H26N2O2. The standard InChI is InChI=1S/C18H26N2O2/c21-11-6-15(14-4-2-1-3-5-14)13-20-17(22)16-12-18(16)7-9-19-10-8-18/h1-5,15-16,19,21H,6-13H2,(H,20,22). The van der Waals surface area contributed by atoms with E-state index in [4.69, 9.17) is 0 Å². The molecule has 4 heteroatoms. The van der Waals surface area contributed by atoms with Gasteiger partial charge >= 0.3 is 0 Å². The minimum absolute atomic E-state index is 0.147. The third-order valence-electron chi connectivity index (χ3n) is 5.38. The fourth-order valence-electron chi connectivity index (χ4n) is 3.81. The van der Waals surface area contributed by atoms with Gasteiger partial charge in [0.25, 0.3) is 0 Å². The molecule has 1 saturated carbocycles. The second-order valence-corrected chi connectivity index (χ2v) is 6.73. The van der Waals surface area contributed by atoms with Crippen molar-refractivity contribution in [2.24, 2.45) is 11.3 Å². The number of carbonyl (C=O) groups excluding carboxylic acids is 1. The van der Waals surface area contributed by atoms with Gasteiger partial charge < -0.3 is 15.7 Å². The third kappa shape index (κ3) is 3.33. The summed E-state index contributed by atoms with van der Waals surface area (Å²) < 4.78 is 0. The van der Waals surface area contributed by atoms with E-state index >= 15 is 0 Å². The first-order valence-corrected chi connectivity index (χ1v) is 8.39. The summed E-state index contributed by atoms with van der Waals surface area (Å²) in [5, 5.41) is 15.8. The van der Waals surface area contributed by atoms with Crippen LogP contribution in [-0.2, 0) is 4.79 Å². The lowest BCUT2D eigenvalue weighted by Crippen LogP contribution is -2.35. The molecule has 1 spiro atoms. The minimum Gasteiger partial charge on any atom is -0.396 e. The smallest absolute Gasteiger partial charge is 0.223 e. The van der Waals surface area contributed by atoms with Gasteiger partial charge in [-0.2, -0.15) is 0 Å². The van der Waals surface area contributed by atoms with Gasteiger partial charge in [-0.15, -0.1) is 0 Å². The zero-order valence-corrected chi connectivity index (χ0v) is 13.1. The minimum atomic E-state index is 0.147. The highest BCUT2D eigenvalue weighted by atomic mass is 16.3. The van der Waals surface area contributed by atoms with Crippen molar-refractivity contribution in [3.05, 3.63) is 35.9 Å². The fraction of sp³-hybridized carbons (Fsp3) is 0.611. The number of benzene rings is 1. The number of aliphatic hydroxyl groups excluding tert-OH is 1. The predicted octanol–water partition coefficient (Wildman–Crippen LogP) is 1.66. The van der Waals surface area contributed by atoms with Gasteiger partial charge in [0, 0.05) is 25.0 Å². The zero-order chi connectivity index (χ0) is 15.4. The van der Waals surface area contributed by atoms with Crippen LogP contribution in [0.5, 0.6) is 0 Å². The number of hydrogen-bond donors (Lipinski definition) is 3. The highest BCUT2D eigenvalue weighted by Gasteiger charge is 2.57. The molecule has 120 valence electrons. The van der Waals surface area contributed by atoms with Crippen LogP contribution in [0.3, 0.4) is 0 Å². The first kappa shape index (κ1) is 15.5. The molecule has 1 aliphatic heterocycles. The number of rotatable bonds is 6. The van der Waals surface area contributed by atoms with E-state index in [1.165, 1.54) is 5.56 Å². The summed E-state index contributed by atoms with van der Waals surface area (Å²) >= 11 is 0. The molecule has 4 nitrogen and oxygen atoms in total. The van der Waals surface area contributed by atoms with Gasteiger partial charge in [-0.25, -0.2) is 0 Å². The van der Waals surface area contributed by atoms with Crippen molar-refractivity contribution in [2.75, 3.05) is 26.2 Å². The van der Waals surface area contributed by atoms with Gasteiger partial charge in [0.1, 0.15) is 0 Å². The molecule has 3 N–H and O–H groups in total. The maximum atomic E-state index is 12.4. The summed E-state index contributed by atoms with van der Waals surface area (Å²) in [7, 11) is 0. The van der Waals surface area contributed by atoms with Gasteiger partial charge in [0.2, 0.25) is 5.91 Å². The molecule has 0 aromatic heterocycles. The van der Waals surface area contributed by atoms with E-state index in [0.717, 1.165) is 32.4 Å². The van der Waals surface area contributed by atoms with Crippen molar-refractivity contribution in [1.82, 2.24) is 10.6 Å². The average molecular weight is 302 g/mol. The molecule has 2 fully saturated rings. The molecule has 0 bridgehead atoms. The maximum Gasteiger partial charge on any atom is 0.223 e. The van der Waals surface area contributed by atoms with Gasteiger partial charge in [-0.05, 0) is 49.8 Å². The quantitative estimate of drug-likeness (QED) is 0.749. The number of nitrogens with one attached hydrogen (secondary N) is 2. The Morgan fingerprint density at radius 3 is 2.73 bits per heavy atom. The highest BCUT2D eigenvalue weighted by molar-refractivity contribution is 5.82. The Morgan fingerprint density at radius 2 is 2.05 bits per heavy atom. The van der Waals surface area contributed by atoms with Gasteiger partial charge in [0.05, 0.1) is 0 Å². The Morgan fingerprint density at radius 1 is 1.32 bits per heavy atom. The largest absolute Gasteiger partial charge is 0.396 e. The van der Waals surface area contributed by atoms with E-state index in [9.17, 15) is 9.90 Å². The topological polar surface area (TPSA) is 61.4 Å². The Balaban J connectivity index is 1.53. The molecule has 1 aliphatic carbocycles. The van der Waals surface area contributed by atoms with Crippen molar-refractivity contribution in [3.63, 3.8) is 0 Å². The van der Waals surface area contributed by atoms with E-state index in [1.54, 1.807) is 0 Å². The molecule has 1 heterocycles. The third-order valence-corrected chi connectivity index (χ3v) is 5.38. The summed E-state index contributed by atoms with van der Waals surface area (Å²) in [6, 6.07) is 10.1. The van der Waals surface area contributed by atoms with Crippen LogP contribution in [0.2, 0.25) is 0 Å². The molecule has 2 aliphatic rings. The van der Waals surface area contributed by atoms with Crippen LogP contribution in [0.15, 0.2) is 30.3 Å². The summed E-state index contributed by atoms with van der Waals surface area (Å²) in [4.78, 5) is 12.4. The Bertz CT molecular complexity index is 497. The summed E-state index contributed by atoms with van der Waals surface area (Å²) in [6.07, 6.45) is 3.99. The Kier molecular flexibility index (Phi) is 4.79. The van der Waals surface area contributed by atoms with Crippen LogP contribution in [0, 0.1) is 11.3 Å². The van der Waals surface area contributed by atoms with Gasteiger partial charge in [-0.3, -0.25) is 4.79 Å². The number of aliphatic hydroxyl groups is 1. The normalized spacial score (nSPS) is 24.0. The number of amides is 1. The van der Waals surface area contributed by atoms with Crippen molar-refractivity contribution >= 4 is 5.91 Å². The number of hydrogen-bond acceptors (Lipinski definition) is 3. The van der Waals surface area contributed by atoms with Crippen molar-refractivity contribution in [2.45, 2.75) is 31.6 Å². The maximum absolute atomic E-state index is 12.4. The van der Waals surface area contributed by atoms with E-state index in [0.29, 0.717) is 13.0 Å². The van der Waals surface area contributed by atoms with Crippen LogP contribution in [0.1, 0.15) is 37.2 Å². The van der Waals surface area contributed by atoms with Gasteiger partial charge in [-0.1, -0.05) is 30.3 Å². The van der Waals surface area contributed by atoms with Gasteiger partial charge in [0.15, 0.2) is 0 Å². The Labute approximate surface area is 132 Å². The fourth-order valence-corrected chi connectivity index (χ4v) is 3.81. The van der Waals surface area contributed by atoms with Crippen LogP contribution in [0.25, 0.3) is 0 Å². The monoisotopic (exact) mass is 302 g/mol. The molecule has 2 unspecified atom stereocenters. The van der Waals surface area contributed by atoms with E-state index in [1.807, 2.05) is 18.2 Å². The van der Waals surface area contributed by atoms with Crippen LogP contribution >= 0.6 is 0 Å². The summed E-state index contributed by atoms with van der Waals surface area (Å²) in [5.41, 5.74) is 1.47. The molecule has 3 rings (SSSR count). The number of piperidine rings is 1. The summed E-state index contributed by atoms with van der Waals surface area (Å²) in [5.74, 6) is 0.610. The van der Waals surface area contributed by atoms with Crippen LogP contribution in [-0.4, -0.2) is 37.3 Å². The molecule has 1 aromatic carbocycles. The highest BCUT2D eigenvalue weighted by Crippen LogP contribution is 2.58. The molecule has 0 radical (unpaired) electrons. The lowest BCUT2D eigenvalue weighted by molar-refractivity contribution is -0.123. The number of carbonyl (C=O) groups is 1. The SMILES string of the molecule is O=C(NCC(CCO)c1ccccc1)C1CC12CCNCC2. The van der Waals surface area contributed by atoms with E-state index in [2.05, 4.69) is 22.8 Å². The van der Waals surface area contributed by atoms with E-state index < -0.39 is 0 Å². The molecule has 2 atom stereocenters. The van der Waals surface area contributed by atoms with Crippen LogP contribution in [0.4, 0.5) is 0 Å². The zero-order valence-electron chi connectivity index (χ0n) is 13.1. The summed E-state index contributed by atoms with van der Waals surface area (Å²) in [6.45, 7) is 2.85. The first-order chi connectivity index (χ1) is 10.7. The van der Waals surface area contributed by atoms with Crippen LogP contribution < -0.4 is 10.6 Å². The van der Waals surface area contributed by atoms with E-state index in [-0.39, 0.29) is 29.8 Å². The first-order valence-electron chi connectivity index (χ1n) is 8.39. The Hall–Kier alpha value is -1.39. The molecular weight excluding hydrogens is 276 g/mol.